The standard InChI is InChI=1S/C86H155NO8/c1-6-8-10-12-14-16-18-20-22-24-26-28-30-32-34-36-38-40-41-42-43-45-46-48-50-52-54-56-58-60-62-64-66-68-70-72-74-76-83(88)93-80-82(81-94-86(85(90)91)92-79-78-87(3,4)5)95-84(89)77-75-73-71-69-67-65-63-61-59-57-55-53-51-49-47-44-39-37-35-33-31-29-27-25-23-21-19-17-15-13-11-9-7-2/h9,11,15,17-18,20-21,23-24,26-27,29,33,35,82,86H,6-8,10,12-14,16,19,22,25,28,30-32,34,36-81H2,1-5H3/b11-9-,17-15-,20-18-,23-21-,26-24-,29-27-,35-33-. The van der Waals surface area contributed by atoms with E-state index in [4.69, 9.17) is 18.9 Å². The minimum absolute atomic E-state index is 0.148. The van der Waals surface area contributed by atoms with Crippen molar-refractivity contribution in [3.8, 4) is 0 Å². The first-order valence-corrected chi connectivity index (χ1v) is 40.7. The van der Waals surface area contributed by atoms with Crippen LogP contribution in [0.5, 0.6) is 0 Å². The Bertz CT molecular complexity index is 1840. The fourth-order valence-corrected chi connectivity index (χ4v) is 12.0. The van der Waals surface area contributed by atoms with Crippen LogP contribution in [0, 0.1) is 0 Å². The lowest BCUT2D eigenvalue weighted by molar-refractivity contribution is -0.870. The summed E-state index contributed by atoms with van der Waals surface area (Å²) in [6.07, 6.45) is 101. The highest BCUT2D eigenvalue weighted by molar-refractivity contribution is 5.70. The SMILES string of the molecule is CC/C=C\C/C=C\C/C=C\C/C=C\C/C=C\CCCCCCCCCCCCCCCCCCCC(=O)OC(COC(=O)CCCCCCCCCCCCCCCCCCCCCCCCCCC/C=C\C/C=C\CCCCCCC)COC(OCC[N+](C)(C)C)C(=O)[O-]. The van der Waals surface area contributed by atoms with Gasteiger partial charge >= 0.3 is 11.9 Å². The number of carboxylic acid groups (broad SMARTS) is 1. The molecule has 0 aromatic carbocycles. The van der Waals surface area contributed by atoms with Crippen LogP contribution in [-0.4, -0.2) is 82.3 Å². The minimum Gasteiger partial charge on any atom is -0.545 e. The number of ether oxygens (including phenoxy) is 4. The second-order valence-corrected chi connectivity index (χ2v) is 28.7. The maximum Gasteiger partial charge on any atom is 0.306 e. The van der Waals surface area contributed by atoms with Crippen LogP contribution in [0.25, 0.3) is 0 Å². The number of aliphatic carboxylic acids is 1. The molecule has 95 heavy (non-hydrogen) atoms. The highest BCUT2D eigenvalue weighted by Gasteiger charge is 2.22. The van der Waals surface area contributed by atoms with Crippen LogP contribution >= 0.6 is 0 Å². The summed E-state index contributed by atoms with van der Waals surface area (Å²) in [7, 11) is 5.95. The third-order valence-corrected chi connectivity index (χ3v) is 18.1. The largest absolute Gasteiger partial charge is 0.545 e. The molecule has 0 aliphatic rings. The highest BCUT2D eigenvalue weighted by Crippen LogP contribution is 2.19. The first-order valence-electron chi connectivity index (χ1n) is 40.7. The number of esters is 2. The van der Waals surface area contributed by atoms with Crippen molar-refractivity contribution in [3.63, 3.8) is 0 Å². The molecule has 0 N–H and O–H groups in total. The minimum atomic E-state index is -1.62. The molecule has 0 spiro atoms. The summed E-state index contributed by atoms with van der Waals surface area (Å²) in [5, 5.41) is 11.9. The molecule has 0 radical (unpaired) electrons. The summed E-state index contributed by atoms with van der Waals surface area (Å²) in [5.74, 6) is -2.26. The van der Waals surface area contributed by atoms with E-state index >= 15 is 0 Å². The number of hydrogen-bond donors (Lipinski definition) is 0. The summed E-state index contributed by atoms with van der Waals surface area (Å²) in [5.41, 5.74) is 0. The molecule has 9 nitrogen and oxygen atoms in total. The second-order valence-electron chi connectivity index (χ2n) is 28.7. The van der Waals surface area contributed by atoms with Crippen LogP contribution in [0.2, 0.25) is 0 Å². The fourth-order valence-electron chi connectivity index (χ4n) is 12.0. The first-order chi connectivity index (χ1) is 46.6. The zero-order valence-corrected chi connectivity index (χ0v) is 63.3. The van der Waals surface area contributed by atoms with Gasteiger partial charge in [0.1, 0.15) is 13.2 Å². The van der Waals surface area contributed by atoms with E-state index in [1.807, 2.05) is 21.1 Å². The molecule has 0 saturated heterocycles. The van der Waals surface area contributed by atoms with Gasteiger partial charge in [-0.2, -0.15) is 0 Å². The van der Waals surface area contributed by atoms with Gasteiger partial charge in [-0.1, -0.05) is 369 Å². The fraction of sp³-hybridized carbons (Fsp3) is 0.802. The van der Waals surface area contributed by atoms with E-state index in [0.29, 0.717) is 23.9 Å². The van der Waals surface area contributed by atoms with E-state index < -0.39 is 24.3 Å². The molecule has 0 aliphatic carbocycles. The molecule has 552 valence electrons. The Morgan fingerprint density at radius 3 is 0.895 bits per heavy atom. The Kier molecular flexibility index (Phi) is 73.4. The van der Waals surface area contributed by atoms with Gasteiger partial charge in [0.2, 0.25) is 0 Å². The number of quaternary nitrogens is 1. The molecular formula is C86H155NO8. The van der Waals surface area contributed by atoms with Gasteiger partial charge in [-0.3, -0.25) is 9.59 Å². The summed E-state index contributed by atoms with van der Waals surface area (Å²) < 4.78 is 22.9. The van der Waals surface area contributed by atoms with Crippen LogP contribution in [-0.2, 0) is 33.3 Å². The Hall–Kier alpha value is -3.53. The molecule has 9 heteroatoms. The second kappa shape index (κ2) is 76.2. The predicted octanol–water partition coefficient (Wildman–Crippen LogP) is 24.8. The molecular weight excluding hydrogens is 1170 g/mol. The number of nitrogens with zero attached hydrogens (tertiary/aromatic N) is 1. The maximum atomic E-state index is 13.0. The van der Waals surface area contributed by atoms with Gasteiger partial charge in [-0.05, 0) is 89.9 Å². The number of rotatable bonds is 76. The maximum absolute atomic E-state index is 13.0. The van der Waals surface area contributed by atoms with Crippen LogP contribution in [0.1, 0.15) is 386 Å². The Labute approximate surface area is 589 Å². The number of hydrogen-bond acceptors (Lipinski definition) is 8. The molecule has 0 aliphatic heterocycles. The normalized spacial score (nSPS) is 13.1. The van der Waals surface area contributed by atoms with Gasteiger partial charge in [0, 0.05) is 12.8 Å². The highest BCUT2D eigenvalue weighted by atomic mass is 16.7. The summed E-state index contributed by atoms with van der Waals surface area (Å²) in [4.78, 5) is 37.6. The van der Waals surface area contributed by atoms with Crippen molar-refractivity contribution in [3.05, 3.63) is 85.1 Å². The first kappa shape index (κ1) is 91.5. The third kappa shape index (κ3) is 77.7. The third-order valence-electron chi connectivity index (χ3n) is 18.1. The average Bonchev–Trinajstić information content (AvgIpc) is 3.75. The summed E-state index contributed by atoms with van der Waals surface area (Å²) in [6.45, 7) is 4.68. The van der Waals surface area contributed by atoms with Crippen molar-refractivity contribution in [1.29, 1.82) is 0 Å². The molecule has 2 atom stereocenters. The van der Waals surface area contributed by atoms with Crippen LogP contribution in [0.4, 0.5) is 0 Å². The van der Waals surface area contributed by atoms with Crippen molar-refractivity contribution in [2.75, 3.05) is 47.5 Å². The smallest absolute Gasteiger partial charge is 0.306 e. The molecule has 0 fully saturated rings. The summed E-state index contributed by atoms with van der Waals surface area (Å²) >= 11 is 0. The molecule has 2 unspecified atom stereocenters. The number of carboxylic acids is 1. The number of likely N-dealkylation sites (N-methyl/N-ethyl adjacent to an activating group) is 1. The quantitative estimate of drug-likeness (QED) is 0.0195. The zero-order valence-electron chi connectivity index (χ0n) is 63.3. The Morgan fingerprint density at radius 2 is 0.600 bits per heavy atom. The Balaban J connectivity index is 3.97. The lowest BCUT2D eigenvalue weighted by Gasteiger charge is -2.26. The van der Waals surface area contributed by atoms with Gasteiger partial charge in [-0.15, -0.1) is 0 Å². The number of unbranched alkanes of at least 4 members (excludes halogenated alkanes) is 47. The van der Waals surface area contributed by atoms with E-state index in [9.17, 15) is 19.5 Å². The molecule has 0 saturated carbocycles. The number of allylic oxidation sites excluding steroid dienone is 14. The van der Waals surface area contributed by atoms with Crippen molar-refractivity contribution < 1.29 is 42.9 Å². The van der Waals surface area contributed by atoms with Gasteiger partial charge < -0.3 is 33.3 Å². The number of carbonyl (C=O) groups excluding carboxylic acids is 3. The molecule has 0 bridgehead atoms. The van der Waals surface area contributed by atoms with E-state index in [-0.39, 0.29) is 32.2 Å². The van der Waals surface area contributed by atoms with Gasteiger partial charge in [0.15, 0.2) is 12.4 Å². The van der Waals surface area contributed by atoms with Crippen molar-refractivity contribution in [2.45, 2.75) is 399 Å². The van der Waals surface area contributed by atoms with Crippen LogP contribution in [0.3, 0.4) is 0 Å². The number of carbonyl (C=O) groups is 3. The monoisotopic (exact) mass is 1330 g/mol. The Morgan fingerprint density at radius 1 is 0.326 bits per heavy atom. The lowest BCUT2D eigenvalue weighted by atomic mass is 10.0. The van der Waals surface area contributed by atoms with Gasteiger partial charge in [0.25, 0.3) is 0 Å². The lowest BCUT2D eigenvalue weighted by Crippen LogP contribution is -2.44. The van der Waals surface area contributed by atoms with E-state index in [2.05, 4.69) is 98.9 Å². The molecule has 0 heterocycles. The van der Waals surface area contributed by atoms with Crippen molar-refractivity contribution >= 4 is 17.9 Å². The van der Waals surface area contributed by atoms with E-state index in [0.717, 1.165) is 70.6 Å². The van der Waals surface area contributed by atoms with Gasteiger partial charge in [0.05, 0.1) is 40.3 Å². The zero-order chi connectivity index (χ0) is 69.0. The van der Waals surface area contributed by atoms with E-state index in [1.165, 1.54) is 283 Å². The summed E-state index contributed by atoms with van der Waals surface area (Å²) in [6, 6.07) is 0. The van der Waals surface area contributed by atoms with Gasteiger partial charge in [-0.25, -0.2) is 0 Å². The predicted molar refractivity (Wildman–Crippen MR) is 408 cm³/mol. The topological polar surface area (TPSA) is 111 Å². The average molecular weight is 1330 g/mol. The van der Waals surface area contributed by atoms with Crippen LogP contribution in [0.15, 0.2) is 85.1 Å². The molecule has 0 aromatic rings. The van der Waals surface area contributed by atoms with Crippen molar-refractivity contribution in [1.82, 2.24) is 0 Å². The van der Waals surface area contributed by atoms with E-state index in [1.54, 1.807) is 0 Å². The molecule has 0 amide bonds. The van der Waals surface area contributed by atoms with Crippen molar-refractivity contribution in [2.24, 2.45) is 0 Å². The molecule has 0 aromatic heterocycles. The molecule has 0 rings (SSSR count). The van der Waals surface area contributed by atoms with Crippen LogP contribution < -0.4 is 5.11 Å².